The van der Waals surface area contributed by atoms with Gasteiger partial charge in [-0.05, 0) is 49.2 Å². The molecule has 0 radical (unpaired) electrons. The molecule has 3 rings (SSSR count). The minimum absolute atomic E-state index is 0.00450. The highest BCUT2D eigenvalue weighted by atomic mass is 35.5. The van der Waals surface area contributed by atoms with Gasteiger partial charge in [0, 0.05) is 18.0 Å². The first-order valence-corrected chi connectivity index (χ1v) is 7.80. The van der Waals surface area contributed by atoms with Crippen molar-refractivity contribution in [2.45, 2.75) is 20.3 Å². The monoisotopic (exact) mass is 328 g/mol. The van der Waals surface area contributed by atoms with Crippen molar-refractivity contribution in [2.24, 2.45) is 7.05 Å². The maximum absolute atomic E-state index is 12.2. The van der Waals surface area contributed by atoms with Crippen LogP contribution < -0.4 is 10.3 Å². The van der Waals surface area contributed by atoms with Crippen LogP contribution >= 0.6 is 11.6 Å². The van der Waals surface area contributed by atoms with Gasteiger partial charge in [0.2, 0.25) is 0 Å². The normalized spacial score (nSPS) is 11.0. The fourth-order valence-corrected chi connectivity index (χ4v) is 2.69. The lowest BCUT2D eigenvalue weighted by atomic mass is 10.1. The molecule has 5 heteroatoms. The predicted octanol–water partition coefficient (Wildman–Crippen LogP) is 4.25. The number of rotatable bonds is 3. The van der Waals surface area contributed by atoms with Gasteiger partial charge in [-0.1, -0.05) is 18.5 Å². The summed E-state index contributed by atoms with van der Waals surface area (Å²) in [5.41, 5.74) is 2.65. The second kappa shape index (κ2) is 6.05. The van der Waals surface area contributed by atoms with E-state index in [0.717, 1.165) is 22.9 Å². The van der Waals surface area contributed by atoms with E-state index >= 15 is 0 Å². The van der Waals surface area contributed by atoms with E-state index in [0.29, 0.717) is 22.2 Å². The third-order valence-corrected chi connectivity index (χ3v) is 4.10. The molecule has 0 bridgehead atoms. The number of nitrogens with zero attached hydrogens (tertiary/aromatic N) is 2. The summed E-state index contributed by atoms with van der Waals surface area (Å²) in [5.74, 6) is 1.32. The minimum Gasteiger partial charge on any atom is -0.455 e. The number of aryl methyl sites for hydroxylation is 3. The Hall–Kier alpha value is -2.33. The summed E-state index contributed by atoms with van der Waals surface area (Å²) >= 11 is 5.81. The molecule has 4 nitrogen and oxygen atoms in total. The first-order chi connectivity index (χ1) is 11.0. The van der Waals surface area contributed by atoms with Gasteiger partial charge in [0.1, 0.15) is 16.7 Å². The second-order valence-electron chi connectivity index (χ2n) is 5.49. The van der Waals surface area contributed by atoms with Crippen LogP contribution in [-0.2, 0) is 13.5 Å². The summed E-state index contributed by atoms with van der Waals surface area (Å²) < 4.78 is 7.67. The molecule has 3 aromatic rings. The molecule has 0 saturated carbocycles. The average molecular weight is 329 g/mol. The predicted molar refractivity (Wildman–Crippen MR) is 92.6 cm³/mol. The van der Waals surface area contributed by atoms with Crippen molar-refractivity contribution in [1.29, 1.82) is 0 Å². The van der Waals surface area contributed by atoms with Crippen LogP contribution in [0.15, 0.2) is 41.3 Å². The summed E-state index contributed by atoms with van der Waals surface area (Å²) in [6.07, 6.45) is 2.44. The number of hydrogen-bond acceptors (Lipinski definition) is 3. The molecule has 0 aliphatic heterocycles. The summed E-state index contributed by atoms with van der Waals surface area (Å²) in [6, 6.07) is 9.36. The maximum Gasteiger partial charge on any atom is 0.253 e. The Kier molecular flexibility index (Phi) is 4.09. The van der Waals surface area contributed by atoms with Crippen molar-refractivity contribution in [2.75, 3.05) is 0 Å². The van der Waals surface area contributed by atoms with E-state index in [4.69, 9.17) is 16.3 Å². The Morgan fingerprint density at radius 3 is 2.70 bits per heavy atom. The molecule has 0 N–H and O–H groups in total. The minimum atomic E-state index is 0.00450. The molecule has 0 fully saturated rings. The van der Waals surface area contributed by atoms with E-state index in [1.54, 1.807) is 29.9 Å². The SMILES string of the molecule is CCc1cc(Oc2ccc(Cl)nc2)c2cc(C)c(=O)n(C)c2c1. The number of benzene rings is 1. The zero-order valence-corrected chi connectivity index (χ0v) is 14.0. The molecule has 0 aliphatic rings. The van der Waals surface area contributed by atoms with Crippen molar-refractivity contribution in [3.8, 4) is 11.5 Å². The van der Waals surface area contributed by atoms with Crippen molar-refractivity contribution in [3.05, 3.63) is 63.2 Å². The molecule has 0 amide bonds. The average Bonchev–Trinajstić information content (AvgIpc) is 2.55. The van der Waals surface area contributed by atoms with Crippen LogP contribution in [0.25, 0.3) is 10.9 Å². The van der Waals surface area contributed by atoms with E-state index in [-0.39, 0.29) is 5.56 Å². The van der Waals surface area contributed by atoms with E-state index < -0.39 is 0 Å². The van der Waals surface area contributed by atoms with Crippen molar-refractivity contribution in [1.82, 2.24) is 9.55 Å². The third-order valence-electron chi connectivity index (χ3n) is 3.88. The molecule has 23 heavy (non-hydrogen) atoms. The van der Waals surface area contributed by atoms with Crippen LogP contribution in [0.1, 0.15) is 18.1 Å². The first kappa shape index (κ1) is 15.6. The third kappa shape index (κ3) is 2.94. The smallest absolute Gasteiger partial charge is 0.253 e. The van der Waals surface area contributed by atoms with Gasteiger partial charge in [-0.15, -0.1) is 0 Å². The van der Waals surface area contributed by atoms with Crippen molar-refractivity contribution in [3.63, 3.8) is 0 Å². The number of ether oxygens (including phenoxy) is 1. The fourth-order valence-electron chi connectivity index (χ4n) is 2.58. The highest BCUT2D eigenvalue weighted by Crippen LogP contribution is 2.31. The van der Waals surface area contributed by atoms with Crippen molar-refractivity contribution >= 4 is 22.5 Å². The molecular weight excluding hydrogens is 312 g/mol. The largest absolute Gasteiger partial charge is 0.455 e. The zero-order valence-electron chi connectivity index (χ0n) is 13.3. The maximum atomic E-state index is 12.2. The number of halogens is 1. The van der Waals surface area contributed by atoms with Crippen LogP contribution in [0.4, 0.5) is 0 Å². The highest BCUT2D eigenvalue weighted by molar-refractivity contribution is 6.29. The summed E-state index contributed by atoms with van der Waals surface area (Å²) in [7, 11) is 1.78. The molecule has 1 aromatic carbocycles. The molecule has 2 aromatic heterocycles. The number of fused-ring (bicyclic) bond motifs is 1. The number of aromatic nitrogens is 2. The summed E-state index contributed by atoms with van der Waals surface area (Å²) in [4.78, 5) is 16.2. The van der Waals surface area contributed by atoms with Crippen LogP contribution in [-0.4, -0.2) is 9.55 Å². The van der Waals surface area contributed by atoms with Crippen molar-refractivity contribution < 1.29 is 4.74 Å². The lowest BCUT2D eigenvalue weighted by Gasteiger charge is -2.14. The number of pyridine rings is 2. The molecule has 2 heterocycles. The Labute approximate surface area is 139 Å². The van der Waals surface area contributed by atoms with Gasteiger partial charge in [0.05, 0.1) is 11.7 Å². The van der Waals surface area contributed by atoms with Gasteiger partial charge >= 0.3 is 0 Å². The van der Waals surface area contributed by atoms with E-state index in [1.807, 2.05) is 25.1 Å². The molecule has 0 spiro atoms. The molecular formula is C18H17ClN2O2. The standard InChI is InChI=1S/C18H17ClN2O2/c1-4-12-8-15-14(7-11(2)18(22)21(15)3)16(9-12)23-13-5-6-17(19)20-10-13/h5-10H,4H2,1-3H3. The highest BCUT2D eigenvalue weighted by Gasteiger charge is 2.11. The zero-order chi connectivity index (χ0) is 16.6. The van der Waals surface area contributed by atoms with Gasteiger partial charge in [-0.3, -0.25) is 4.79 Å². The lowest BCUT2D eigenvalue weighted by Crippen LogP contribution is -2.19. The second-order valence-corrected chi connectivity index (χ2v) is 5.88. The summed E-state index contributed by atoms with van der Waals surface area (Å²) in [5, 5.41) is 1.32. The van der Waals surface area contributed by atoms with Gasteiger partial charge in [-0.25, -0.2) is 4.98 Å². The Morgan fingerprint density at radius 1 is 1.26 bits per heavy atom. The lowest BCUT2D eigenvalue weighted by molar-refractivity contribution is 0.485. The van der Waals surface area contributed by atoms with Gasteiger partial charge in [-0.2, -0.15) is 0 Å². The van der Waals surface area contributed by atoms with Crippen LogP contribution in [0.3, 0.4) is 0 Å². The van der Waals surface area contributed by atoms with Crippen LogP contribution in [0.2, 0.25) is 5.15 Å². The molecule has 0 saturated heterocycles. The van der Waals surface area contributed by atoms with Crippen LogP contribution in [0, 0.1) is 6.92 Å². The Bertz CT molecular complexity index is 930. The van der Waals surface area contributed by atoms with E-state index in [2.05, 4.69) is 11.9 Å². The van der Waals surface area contributed by atoms with Gasteiger partial charge < -0.3 is 9.30 Å². The Morgan fingerprint density at radius 2 is 2.04 bits per heavy atom. The topological polar surface area (TPSA) is 44.1 Å². The number of hydrogen-bond donors (Lipinski definition) is 0. The Balaban J connectivity index is 2.22. The van der Waals surface area contributed by atoms with Crippen LogP contribution in [0.5, 0.6) is 11.5 Å². The molecule has 0 aliphatic carbocycles. The molecule has 118 valence electrons. The summed E-state index contributed by atoms with van der Waals surface area (Å²) in [6.45, 7) is 3.88. The van der Waals surface area contributed by atoms with Gasteiger partial charge in [0.25, 0.3) is 5.56 Å². The molecule has 0 atom stereocenters. The fraction of sp³-hybridized carbons (Fsp3) is 0.222. The van der Waals surface area contributed by atoms with E-state index in [9.17, 15) is 4.79 Å². The quantitative estimate of drug-likeness (QED) is 0.675. The van der Waals surface area contributed by atoms with E-state index in [1.165, 1.54) is 0 Å². The first-order valence-electron chi connectivity index (χ1n) is 7.42. The molecule has 0 unspecified atom stereocenters. The van der Waals surface area contributed by atoms with Gasteiger partial charge in [0.15, 0.2) is 0 Å².